The third kappa shape index (κ3) is 6.35. The van der Waals surface area contributed by atoms with Gasteiger partial charge in [0.05, 0.1) is 7.11 Å². The lowest BCUT2D eigenvalue weighted by Gasteiger charge is -2.38. The molecule has 3 aliphatic rings. The number of rotatable bonds is 5. The first kappa shape index (κ1) is 23.8. The van der Waals surface area contributed by atoms with Crippen molar-refractivity contribution in [2.45, 2.75) is 69.7 Å². The molecule has 4 rings (SSSR count). The summed E-state index contributed by atoms with van der Waals surface area (Å²) in [7, 11) is 5.73. The van der Waals surface area contributed by atoms with Crippen LogP contribution in [0.2, 0.25) is 0 Å². The molecule has 33 heavy (non-hydrogen) atoms. The Morgan fingerprint density at radius 3 is 2.52 bits per heavy atom. The summed E-state index contributed by atoms with van der Waals surface area (Å²) < 4.78 is 19.3. The van der Waals surface area contributed by atoms with Crippen molar-refractivity contribution in [3.63, 3.8) is 0 Å². The number of guanidine groups is 2. The van der Waals surface area contributed by atoms with Crippen LogP contribution in [0.4, 0.5) is 10.1 Å². The predicted octanol–water partition coefficient (Wildman–Crippen LogP) is 3.18. The van der Waals surface area contributed by atoms with Gasteiger partial charge in [0.25, 0.3) is 0 Å². The summed E-state index contributed by atoms with van der Waals surface area (Å²) in [6, 6.07) is 5.64. The number of aliphatic imine (C=N–C) groups is 2. The van der Waals surface area contributed by atoms with E-state index in [9.17, 15) is 4.39 Å². The zero-order valence-corrected chi connectivity index (χ0v) is 20.1. The van der Waals surface area contributed by atoms with Crippen molar-refractivity contribution in [1.82, 2.24) is 20.4 Å². The van der Waals surface area contributed by atoms with E-state index >= 15 is 0 Å². The molecule has 1 unspecified atom stereocenters. The highest BCUT2D eigenvalue weighted by Gasteiger charge is 2.28. The summed E-state index contributed by atoms with van der Waals surface area (Å²) in [4.78, 5) is 14.1. The number of likely N-dealkylation sites (tertiary alicyclic amines) is 1. The molecule has 1 aromatic carbocycles. The Bertz CT molecular complexity index is 845. The van der Waals surface area contributed by atoms with Crippen LogP contribution in [0.1, 0.15) is 51.4 Å². The quantitative estimate of drug-likeness (QED) is 0.587. The molecule has 2 heterocycles. The van der Waals surface area contributed by atoms with Crippen LogP contribution in [-0.2, 0) is 0 Å². The Morgan fingerprint density at radius 2 is 1.85 bits per heavy atom. The van der Waals surface area contributed by atoms with E-state index in [1.807, 2.05) is 0 Å². The smallest absolute Gasteiger partial charge is 0.229 e. The Labute approximate surface area is 196 Å². The molecule has 0 aromatic heterocycles. The fourth-order valence-corrected chi connectivity index (χ4v) is 4.86. The van der Waals surface area contributed by atoms with E-state index < -0.39 is 5.82 Å². The van der Waals surface area contributed by atoms with Gasteiger partial charge in [0.1, 0.15) is 0 Å². The Balaban J connectivity index is 1.51. The van der Waals surface area contributed by atoms with E-state index in [0.29, 0.717) is 23.7 Å². The van der Waals surface area contributed by atoms with Crippen LogP contribution in [0.25, 0.3) is 0 Å². The molecule has 9 heteroatoms. The van der Waals surface area contributed by atoms with Gasteiger partial charge in [0, 0.05) is 30.9 Å². The molecule has 0 amide bonds. The number of methoxy groups -OCH3 is 1. The number of piperidine rings is 1. The molecule has 0 spiro atoms. The van der Waals surface area contributed by atoms with Crippen molar-refractivity contribution in [1.29, 1.82) is 0 Å². The molecule has 1 saturated carbocycles. The van der Waals surface area contributed by atoms with Crippen molar-refractivity contribution in [2.24, 2.45) is 9.98 Å². The summed E-state index contributed by atoms with van der Waals surface area (Å²) in [5, 5.41) is 10.4. The van der Waals surface area contributed by atoms with Crippen molar-refractivity contribution >= 4 is 17.6 Å². The first-order valence-electron chi connectivity index (χ1n) is 12.2. The number of ether oxygens (including phenoxy) is 1. The topological polar surface area (TPSA) is 76.5 Å². The zero-order valence-electron chi connectivity index (χ0n) is 20.1. The van der Waals surface area contributed by atoms with E-state index in [2.05, 4.69) is 39.8 Å². The molecule has 0 radical (unpaired) electrons. The predicted molar refractivity (Wildman–Crippen MR) is 131 cm³/mol. The lowest BCUT2D eigenvalue weighted by molar-refractivity contribution is 0.187. The van der Waals surface area contributed by atoms with Crippen LogP contribution in [-0.4, -0.2) is 74.4 Å². The van der Waals surface area contributed by atoms with Crippen LogP contribution in [0.3, 0.4) is 0 Å². The van der Waals surface area contributed by atoms with E-state index in [-0.39, 0.29) is 12.0 Å². The molecule has 1 aromatic rings. The first-order valence-corrected chi connectivity index (χ1v) is 12.2. The van der Waals surface area contributed by atoms with Crippen LogP contribution in [0, 0.1) is 5.82 Å². The van der Waals surface area contributed by atoms with Crippen LogP contribution >= 0.6 is 0 Å². The maximum atomic E-state index is 14.2. The third-order valence-corrected chi connectivity index (χ3v) is 6.96. The highest BCUT2D eigenvalue weighted by atomic mass is 19.1. The number of halogens is 1. The summed E-state index contributed by atoms with van der Waals surface area (Å²) in [6.45, 7) is 2.16. The number of hydrogen-bond acceptors (Lipinski definition) is 8. The average Bonchev–Trinajstić information content (AvgIpc) is 3.08. The summed E-state index contributed by atoms with van der Waals surface area (Å²) in [5.41, 5.74) is 0.590. The number of benzene rings is 1. The maximum Gasteiger partial charge on any atom is 0.229 e. The van der Waals surface area contributed by atoms with Gasteiger partial charge in [0.15, 0.2) is 17.9 Å². The largest absolute Gasteiger partial charge is 0.494 e. The molecule has 1 atom stereocenters. The van der Waals surface area contributed by atoms with Gasteiger partial charge in [-0.3, -0.25) is 5.32 Å². The number of anilines is 1. The number of hydrogen-bond donors (Lipinski definition) is 3. The molecule has 2 fully saturated rings. The van der Waals surface area contributed by atoms with Crippen LogP contribution in [0.5, 0.6) is 5.75 Å². The van der Waals surface area contributed by atoms with E-state index in [1.54, 1.807) is 12.1 Å². The zero-order chi connectivity index (χ0) is 23.2. The molecule has 3 N–H and O–H groups in total. The fraction of sp³-hybridized carbons (Fsp3) is 0.667. The molecule has 0 bridgehead atoms. The summed E-state index contributed by atoms with van der Waals surface area (Å²) in [6.07, 6.45) is 9.36. The van der Waals surface area contributed by atoms with Gasteiger partial charge in [0.2, 0.25) is 11.9 Å². The molecule has 182 valence electrons. The summed E-state index contributed by atoms with van der Waals surface area (Å²) in [5.74, 6) is 1.06. The lowest BCUT2D eigenvalue weighted by atomic mass is 10.0. The molecule has 2 aliphatic heterocycles. The SMILES string of the molecule is COc1ccc(NC2=NC(NC3CCCCCC3)NC(N(C)C3CCN(C)CC3)=N2)cc1F. The third-order valence-electron chi connectivity index (χ3n) is 6.96. The van der Waals surface area contributed by atoms with Crippen molar-refractivity contribution < 1.29 is 9.13 Å². The Hall–Kier alpha value is -2.39. The highest BCUT2D eigenvalue weighted by Crippen LogP contribution is 2.22. The van der Waals surface area contributed by atoms with Gasteiger partial charge in [-0.25, -0.2) is 9.38 Å². The molecule has 1 aliphatic carbocycles. The van der Waals surface area contributed by atoms with Crippen molar-refractivity contribution in [2.75, 3.05) is 39.6 Å². The van der Waals surface area contributed by atoms with Gasteiger partial charge in [-0.05, 0) is 58.0 Å². The van der Waals surface area contributed by atoms with Gasteiger partial charge in [-0.2, -0.15) is 4.99 Å². The minimum atomic E-state index is -0.419. The highest BCUT2D eigenvalue weighted by molar-refractivity contribution is 6.03. The minimum absolute atomic E-state index is 0.215. The summed E-state index contributed by atoms with van der Waals surface area (Å²) >= 11 is 0. The van der Waals surface area contributed by atoms with Gasteiger partial charge >= 0.3 is 0 Å². The van der Waals surface area contributed by atoms with E-state index in [4.69, 9.17) is 14.7 Å². The Morgan fingerprint density at radius 1 is 1.12 bits per heavy atom. The van der Waals surface area contributed by atoms with E-state index in [1.165, 1.54) is 38.9 Å². The second kappa shape index (κ2) is 11.2. The van der Waals surface area contributed by atoms with Gasteiger partial charge in [-0.1, -0.05) is 25.7 Å². The Kier molecular flexibility index (Phi) is 8.03. The van der Waals surface area contributed by atoms with E-state index in [0.717, 1.165) is 44.7 Å². The minimum Gasteiger partial charge on any atom is -0.494 e. The van der Waals surface area contributed by atoms with Gasteiger partial charge in [-0.15, -0.1) is 0 Å². The molecular formula is C24H38FN7O. The lowest BCUT2D eigenvalue weighted by Crippen LogP contribution is -2.57. The average molecular weight is 460 g/mol. The number of nitrogens with one attached hydrogen (secondary N) is 3. The number of nitrogens with zero attached hydrogens (tertiary/aromatic N) is 4. The van der Waals surface area contributed by atoms with Crippen LogP contribution in [0.15, 0.2) is 28.2 Å². The van der Waals surface area contributed by atoms with Crippen LogP contribution < -0.4 is 20.7 Å². The second-order valence-corrected chi connectivity index (χ2v) is 9.41. The second-order valence-electron chi connectivity index (χ2n) is 9.41. The molecular weight excluding hydrogens is 421 g/mol. The standard InChI is InChI=1S/C24H38FN7O/c1-31-14-12-19(13-15-31)32(2)24-29-22(26-17-8-6-4-5-7-9-17)28-23(30-24)27-18-10-11-21(33-3)20(25)16-18/h10-11,16-17,19,22,26H,4-9,12-15H2,1-3H3,(H2,27,28,29,30). The molecule has 8 nitrogen and oxygen atoms in total. The van der Waals surface area contributed by atoms with Gasteiger partial charge < -0.3 is 25.2 Å². The first-order chi connectivity index (χ1) is 16.0. The normalized spacial score (nSPS) is 23.2. The fourth-order valence-electron chi connectivity index (χ4n) is 4.86. The maximum absolute atomic E-state index is 14.2. The van der Waals surface area contributed by atoms with Crippen molar-refractivity contribution in [3.8, 4) is 5.75 Å². The van der Waals surface area contributed by atoms with Crippen molar-refractivity contribution in [3.05, 3.63) is 24.0 Å². The monoisotopic (exact) mass is 459 g/mol. The molecule has 1 saturated heterocycles.